The number of carbonyl (C=O) groups is 7. The minimum atomic E-state index is -1.06. The van der Waals surface area contributed by atoms with Crippen LogP contribution in [0.15, 0.2) is 0 Å². The summed E-state index contributed by atoms with van der Waals surface area (Å²) in [5.74, 6) is -3.14. The van der Waals surface area contributed by atoms with Crippen LogP contribution >= 0.6 is 12.6 Å². The van der Waals surface area contributed by atoms with Crippen LogP contribution in [0.5, 0.6) is 0 Å². The van der Waals surface area contributed by atoms with Gasteiger partial charge in [-0.15, -0.1) is 0 Å². The third-order valence-electron chi connectivity index (χ3n) is 9.30. The highest BCUT2D eigenvalue weighted by Gasteiger charge is 2.33. The molecule has 0 aromatic heterocycles. The Morgan fingerprint density at radius 2 is 0.870 bits per heavy atom. The predicted octanol–water partition coefficient (Wildman–Crippen LogP) is 0.305. The Morgan fingerprint density at radius 3 is 1.24 bits per heavy atom. The molecule has 1 rings (SSSR count). The van der Waals surface area contributed by atoms with Crippen molar-refractivity contribution in [3.8, 4) is 0 Å². The molecule has 1 saturated heterocycles. The highest BCUT2D eigenvalue weighted by atomic mass is 32.1. The minimum absolute atomic E-state index is 0.130. The van der Waals surface area contributed by atoms with Gasteiger partial charge in [0, 0.05) is 13.0 Å². The summed E-state index contributed by atoms with van der Waals surface area (Å²) in [6.07, 6.45) is 8.42. The van der Waals surface area contributed by atoms with Gasteiger partial charge in [0.2, 0.25) is 41.4 Å². The summed E-state index contributed by atoms with van der Waals surface area (Å²) in [5, 5.41) is 25.5. The quantitative estimate of drug-likeness (QED) is 0.0538. The van der Waals surface area contributed by atoms with Crippen molar-refractivity contribution < 1.29 is 33.6 Å². The lowest BCUT2D eigenvalue weighted by atomic mass is 10.0. The number of carbonyl (C=O) groups excluding carboxylic acids is 7. The van der Waals surface area contributed by atoms with E-state index in [9.17, 15) is 33.6 Å². The first-order chi connectivity index (χ1) is 25.9. The van der Waals surface area contributed by atoms with E-state index in [4.69, 9.17) is 0 Å². The number of rotatable bonds is 22. The topological polar surface area (TPSA) is 228 Å². The molecule has 1 fully saturated rings. The molecule has 0 unspecified atom stereocenters. The molecule has 0 bridgehead atoms. The molecule has 0 aromatic rings. The third-order valence-corrected chi connectivity index (χ3v) is 9.53. The number of hydrogen-bond donors (Lipinski definition) is 10. The molecule has 9 N–H and O–H groups in total. The van der Waals surface area contributed by atoms with Gasteiger partial charge in [0.15, 0.2) is 0 Å². The van der Waals surface area contributed by atoms with E-state index in [0.717, 1.165) is 32.1 Å². The van der Waals surface area contributed by atoms with Gasteiger partial charge in [0.05, 0.1) is 0 Å². The van der Waals surface area contributed by atoms with Crippen molar-refractivity contribution in [1.29, 1.82) is 0 Å². The molecule has 1 aliphatic heterocycles. The first-order valence-electron chi connectivity index (χ1n) is 19.9. The largest absolute Gasteiger partial charge is 0.356 e. The maximum atomic E-state index is 13.9. The average molecular weight is 784 g/mol. The molecule has 0 radical (unpaired) electrons. The van der Waals surface area contributed by atoms with Crippen molar-refractivity contribution in [3.05, 3.63) is 0 Å². The molecule has 0 aliphatic carbocycles. The fraction of sp³-hybridized carbons (Fsp3) is 0.811. The minimum Gasteiger partial charge on any atom is -0.356 e. The first kappa shape index (κ1) is 48.6. The Bertz CT molecular complexity index is 1170. The molecule has 17 heteroatoms. The third kappa shape index (κ3) is 20.3. The molecule has 0 saturated carbocycles. The van der Waals surface area contributed by atoms with Gasteiger partial charge in [0.1, 0.15) is 36.3 Å². The highest BCUT2D eigenvalue weighted by molar-refractivity contribution is 7.80. The lowest BCUT2D eigenvalue weighted by Gasteiger charge is -2.28. The summed E-state index contributed by atoms with van der Waals surface area (Å²) in [6.45, 7) is 6.86. The van der Waals surface area contributed by atoms with Crippen molar-refractivity contribution in [1.82, 2.24) is 47.9 Å². The molecule has 16 nitrogen and oxygen atoms in total. The second-order valence-electron chi connectivity index (χ2n) is 14.1. The number of unbranched alkanes of at least 4 members (excludes halogenated alkanes) is 6. The maximum Gasteiger partial charge on any atom is 0.243 e. The van der Waals surface area contributed by atoms with E-state index in [1.165, 1.54) is 13.8 Å². The molecule has 1 aliphatic rings. The monoisotopic (exact) mass is 784 g/mol. The summed E-state index contributed by atoms with van der Waals surface area (Å²) in [6, 6.07) is -6.16. The van der Waals surface area contributed by atoms with E-state index in [2.05, 4.69) is 67.4 Å². The first-order valence-corrected chi connectivity index (χ1v) is 20.5. The van der Waals surface area contributed by atoms with E-state index >= 15 is 0 Å². The van der Waals surface area contributed by atoms with E-state index in [-0.39, 0.29) is 25.2 Å². The number of hydrogen-bond acceptors (Lipinski definition) is 10. The van der Waals surface area contributed by atoms with Crippen LogP contribution < -0.4 is 47.9 Å². The van der Waals surface area contributed by atoms with Crippen LogP contribution in [0.4, 0.5) is 0 Å². The average Bonchev–Trinajstić information content (AvgIpc) is 3.13. The summed E-state index contributed by atoms with van der Waals surface area (Å²) in [7, 11) is 3.64. The molecular weight excluding hydrogens is 715 g/mol. The van der Waals surface area contributed by atoms with Gasteiger partial charge < -0.3 is 47.9 Å². The molecule has 54 heavy (non-hydrogen) atoms. The smallest absolute Gasteiger partial charge is 0.243 e. The Balaban J connectivity index is 3.48. The van der Waals surface area contributed by atoms with E-state index in [1.54, 1.807) is 0 Å². The summed E-state index contributed by atoms with van der Waals surface area (Å²) >= 11 is 4.08. The van der Waals surface area contributed by atoms with Gasteiger partial charge in [0.25, 0.3) is 0 Å². The van der Waals surface area contributed by atoms with Gasteiger partial charge >= 0.3 is 0 Å². The normalized spacial score (nSPS) is 23.5. The summed E-state index contributed by atoms with van der Waals surface area (Å²) in [4.78, 5) is 93.7. The maximum absolute atomic E-state index is 13.9. The zero-order chi connectivity index (χ0) is 40.3. The van der Waals surface area contributed by atoms with E-state index < -0.39 is 71.7 Å². The van der Waals surface area contributed by atoms with Gasteiger partial charge in [-0.1, -0.05) is 32.6 Å². The molecule has 1 heterocycles. The van der Waals surface area contributed by atoms with Gasteiger partial charge in [-0.3, -0.25) is 33.6 Å². The van der Waals surface area contributed by atoms with Crippen molar-refractivity contribution in [2.75, 3.05) is 39.5 Å². The fourth-order valence-electron chi connectivity index (χ4n) is 5.94. The Labute approximate surface area is 327 Å². The predicted molar refractivity (Wildman–Crippen MR) is 213 cm³/mol. The Hall–Kier alpha value is -3.44. The lowest BCUT2D eigenvalue weighted by Crippen LogP contribution is -2.60. The molecule has 7 amide bonds. The van der Waals surface area contributed by atoms with Gasteiger partial charge in [-0.25, -0.2) is 0 Å². The Morgan fingerprint density at radius 1 is 0.519 bits per heavy atom. The zero-order valence-corrected chi connectivity index (χ0v) is 34.1. The standard InChI is InChI=1S/C37H69N9O7S/c1-6-7-8-9-16-29-36(52)46-30(19-12-15-23-40-31(47)20-24-54)37(53)45-28(18-11-14-22-39-5)35(51)42-25(2)32(48)43-27(17-10-13-21-38-4)34(50)41-26(3)33(49)44-29/h25-30,38-39,54H,6-24H2,1-5H3,(H,40,47)(H,41,50)(H,42,51)(H,43,48)(H,44,49)(H,45,53)(H,46,52)/t25-,26-,27+,28+,29+,30-/m1/s1. The van der Waals surface area contributed by atoms with Crippen LogP contribution in [0.25, 0.3) is 0 Å². The fourth-order valence-corrected chi connectivity index (χ4v) is 6.14. The van der Waals surface area contributed by atoms with Crippen LogP contribution in [-0.4, -0.2) is 117 Å². The molecule has 6 atom stereocenters. The Kier molecular flexibility index (Phi) is 26.0. The van der Waals surface area contributed by atoms with Crippen LogP contribution in [-0.2, 0) is 33.6 Å². The zero-order valence-electron chi connectivity index (χ0n) is 33.2. The SMILES string of the molecule is CCCCCC[C@@H]1NC(=O)[C@@H](C)NC(=O)[C@H](CCCCNC)NC(=O)[C@@H](C)NC(=O)[C@H](CCCCNC)NC(=O)[C@@H](CCCCNC(=O)CCS)NC1=O. The number of nitrogens with one attached hydrogen (secondary N) is 9. The van der Waals surface area contributed by atoms with Crippen LogP contribution in [0.1, 0.15) is 117 Å². The molecule has 0 spiro atoms. The van der Waals surface area contributed by atoms with Gasteiger partial charge in [-0.05, 0) is 111 Å². The van der Waals surface area contributed by atoms with Gasteiger partial charge in [-0.2, -0.15) is 12.6 Å². The highest BCUT2D eigenvalue weighted by Crippen LogP contribution is 2.11. The number of thiol groups is 1. The molecule has 310 valence electrons. The summed E-state index contributed by atoms with van der Waals surface area (Å²) in [5.41, 5.74) is 0. The van der Waals surface area contributed by atoms with Crippen molar-refractivity contribution >= 4 is 54.0 Å². The van der Waals surface area contributed by atoms with Crippen LogP contribution in [0.3, 0.4) is 0 Å². The number of amides is 7. The lowest BCUT2D eigenvalue weighted by molar-refractivity contribution is -0.136. The van der Waals surface area contributed by atoms with Crippen molar-refractivity contribution in [2.24, 2.45) is 0 Å². The van der Waals surface area contributed by atoms with Crippen LogP contribution in [0.2, 0.25) is 0 Å². The summed E-state index contributed by atoms with van der Waals surface area (Å²) < 4.78 is 0. The second-order valence-corrected chi connectivity index (χ2v) is 14.5. The molecule has 0 aromatic carbocycles. The molecular formula is C37H69N9O7S. The van der Waals surface area contributed by atoms with Crippen LogP contribution in [0, 0.1) is 0 Å². The second kappa shape index (κ2) is 28.9. The van der Waals surface area contributed by atoms with E-state index in [1.807, 2.05) is 14.1 Å². The van der Waals surface area contributed by atoms with Crippen molar-refractivity contribution in [3.63, 3.8) is 0 Å². The van der Waals surface area contributed by atoms with E-state index in [0.29, 0.717) is 70.3 Å². The van der Waals surface area contributed by atoms with Crippen molar-refractivity contribution in [2.45, 2.75) is 153 Å².